The molecule has 0 aliphatic carbocycles. The molecule has 1 unspecified atom stereocenters. The van der Waals surface area contributed by atoms with Crippen molar-refractivity contribution in [2.75, 3.05) is 14.2 Å². The van der Waals surface area contributed by atoms with Gasteiger partial charge in [-0.3, -0.25) is 0 Å². The second-order valence-corrected chi connectivity index (χ2v) is 5.20. The third-order valence-electron chi connectivity index (χ3n) is 3.15. The van der Waals surface area contributed by atoms with Crippen LogP contribution in [0.2, 0.25) is 0 Å². The molecule has 1 atom stereocenters. The van der Waals surface area contributed by atoms with E-state index in [1.165, 1.54) is 0 Å². The highest BCUT2D eigenvalue weighted by atomic mass is 79.9. The molecule has 3 nitrogen and oxygen atoms in total. The number of benzene rings is 2. The van der Waals surface area contributed by atoms with Gasteiger partial charge in [0, 0.05) is 12.0 Å². The van der Waals surface area contributed by atoms with E-state index in [4.69, 9.17) is 9.47 Å². The van der Waals surface area contributed by atoms with Gasteiger partial charge < -0.3 is 14.6 Å². The van der Waals surface area contributed by atoms with Gasteiger partial charge in [-0.1, -0.05) is 30.3 Å². The standard InChI is InChI=1S/C16H17BrO3/c1-19-14-9-8-12(16(20-2)15(14)17)13(18)10-11-6-4-3-5-7-11/h3-9,13,18H,10H2,1-2H3. The van der Waals surface area contributed by atoms with Gasteiger partial charge in [-0.05, 0) is 33.6 Å². The lowest BCUT2D eigenvalue weighted by atomic mass is 10.0. The van der Waals surface area contributed by atoms with Crippen molar-refractivity contribution in [1.29, 1.82) is 0 Å². The maximum Gasteiger partial charge on any atom is 0.142 e. The normalized spacial score (nSPS) is 12.0. The van der Waals surface area contributed by atoms with Gasteiger partial charge in [0.1, 0.15) is 16.0 Å². The monoisotopic (exact) mass is 336 g/mol. The quantitative estimate of drug-likeness (QED) is 0.903. The largest absolute Gasteiger partial charge is 0.495 e. The highest BCUT2D eigenvalue weighted by Gasteiger charge is 2.18. The van der Waals surface area contributed by atoms with E-state index in [9.17, 15) is 5.11 Å². The Morgan fingerprint density at radius 3 is 2.35 bits per heavy atom. The fourth-order valence-electron chi connectivity index (χ4n) is 2.13. The summed E-state index contributed by atoms with van der Waals surface area (Å²) in [6, 6.07) is 13.5. The smallest absolute Gasteiger partial charge is 0.142 e. The van der Waals surface area contributed by atoms with E-state index < -0.39 is 6.10 Å². The molecule has 0 amide bonds. The molecule has 0 radical (unpaired) electrons. The zero-order chi connectivity index (χ0) is 14.5. The maximum atomic E-state index is 10.4. The zero-order valence-corrected chi connectivity index (χ0v) is 13.1. The molecule has 0 saturated heterocycles. The van der Waals surface area contributed by atoms with E-state index in [1.807, 2.05) is 42.5 Å². The zero-order valence-electron chi connectivity index (χ0n) is 11.5. The molecular formula is C16H17BrO3. The summed E-state index contributed by atoms with van der Waals surface area (Å²) in [6.45, 7) is 0. The van der Waals surface area contributed by atoms with E-state index in [-0.39, 0.29) is 0 Å². The molecule has 1 N–H and O–H groups in total. The molecule has 106 valence electrons. The first-order chi connectivity index (χ1) is 9.67. The summed E-state index contributed by atoms with van der Waals surface area (Å²) in [7, 11) is 3.18. The van der Waals surface area contributed by atoms with Crippen LogP contribution in [0.1, 0.15) is 17.2 Å². The van der Waals surface area contributed by atoms with Gasteiger partial charge in [0.25, 0.3) is 0 Å². The van der Waals surface area contributed by atoms with Crippen LogP contribution >= 0.6 is 15.9 Å². The first-order valence-corrected chi connectivity index (χ1v) is 7.09. The first kappa shape index (κ1) is 14.9. The number of hydrogen-bond acceptors (Lipinski definition) is 3. The molecule has 0 heterocycles. The molecule has 0 fully saturated rings. The summed E-state index contributed by atoms with van der Waals surface area (Å²) < 4.78 is 11.3. The van der Waals surface area contributed by atoms with Crippen LogP contribution in [0.15, 0.2) is 46.9 Å². The predicted molar refractivity (Wildman–Crippen MR) is 82.4 cm³/mol. The van der Waals surface area contributed by atoms with Crippen molar-refractivity contribution in [1.82, 2.24) is 0 Å². The summed E-state index contributed by atoms with van der Waals surface area (Å²) in [6.07, 6.45) is -0.0924. The van der Waals surface area contributed by atoms with Crippen molar-refractivity contribution >= 4 is 15.9 Å². The lowest BCUT2D eigenvalue weighted by Crippen LogP contribution is -2.05. The molecule has 0 aliphatic rings. The van der Waals surface area contributed by atoms with Crippen molar-refractivity contribution in [2.24, 2.45) is 0 Å². The molecule has 2 rings (SSSR count). The van der Waals surface area contributed by atoms with Crippen molar-refractivity contribution in [2.45, 2.75) is 12.5 Å². The second-order valence-electron chi connectivity index (χ2n) is 4.41. The lowest BCUT2D eigenvalue weighted by molar-refractivity contribution is 0.173. The van der Waals surface area contributed by atoms with E-state index in [0.29, 0.717) is 22.4 Å². The van der Waals surface area contributed by atoms with Crippen molar-refractivity contribution in [3.05, 3.63) is 58.1 Å². The van der Waals surface area contributed by atoms with E-state index in [1.54, 1.807) is 14.2 Å². The molecule has 4 heteroatoms. The Hall–Kier alpha value is -1.52. The Morgan fingerprint density at radius 1 is 1.05 bits per heavy atom. The predicted octanol–water partition coefficient (Wildman–Crippen LogP) is 3.74. The van der Waals surface area contributed by atoms with Crippen LogP contribution in [0.5, 0.6) is 11.5 Å². The van der Waals surface area contributed by atoms with Crippen LogP contribution in [0.4, 0.5) is 0 Å². The fourth-order valence-corrected chi connectivity index (χ4v) is 2.81. The van der Waals surface area contributed by atoms with Crippen LogP contribution in [-0.2, 0) is 6.42 Å². The summed E-state index contributed by atoms with van der Waals surface area (Å²) in [5, 5.41) is 10.4. The Kier molecular flexibility index (Phi) is 5.04. The molecule has 0 aromatic heterocycles. The average molecular weight is 337 g/mol. The van der Waals surface area contributed by atoms with E-state index >= 15 is 0 Å². The number of ether oxygens (including phenoxy) is 2. The molecule has 0 aliphatic heterocycles. The molecule has 0 saturated carbocycles. The van der Waals surface area contributed by atoms with Gasteiger partial charge in [0.15, 0.2) is 0 Å². The third-order valence-corrected chi connectivity index (χ3v) is 3.90. The first-order valence-electron chi connectivity index (χ1n) is 6.29. The van der Waals surface area contributed by atoms with Crippen LogP contribution in [0.25, 0.3) is 0 Å². The topological polar surface area (TPSA) is 38.7 Å². The van der Waals surface area contributed by atoms with Crippen LogP contribution in [0.3, 0.4) is 0 Å². The number of aliphatic hydroxyl groups is 1. The van der Waals surface area contributed by atoms with Crippen molar-refractivity contribution in [3.8, 4) is 11.5 Å². The summed E-state index contributed by atoms with van der Waals surface area (Å²) in [5.74, 6) is 1.28. The molecule has 20 heavy (non-hydrogen) atoms. The lowest BCUT2D eigenvalue weighted by Gasteiger charge is -2.17. The Balaban J connectivity index is 2.30. The minimum Gasteiger partial charge on any atom is -0.495 e. The molecule has 0 spiro atoms. The molecule has 0 bridgehead atoms. The summed E-state index contributed by atoms with van der Waals surface area (Å²) in [5.41, 5.74) is 1.82. The van der Waals surface area contributed by atoms with E-state index in [2.05, 4.69) is 15.9 Å². The minimum atomic E-state index is -0.630. The van der Waals surface area contributed by atoms with Gasteiger partial charge in [0.2, 0.25) is 0 Å². The van der Waals surface area contributed by atoms with Crippen molar-refractivity contribution < 1.29 is 14.6 Å². The highest BCUT2D eigenvalue weighted by Crippen LogP contribution is 2.40. The Labute approximate surface area is 127 Å². The third kappa shape index (κ3) is 3.14. The number of halogens is 1. The second kappa shape index (κ2) is 6.77. The number of rotatable bonds is 5. The summed E-state index contributed by atoms with van der Waals surface area (Å²) >= 11 is 3.45. The SMILES string of the molecule is COc1ccc(C(O)Cc2ccccc2)c(OC)c1Br. The summed E-state index contributed by atoms with van der Waals surface area (Å²) in [4.78, 5) is 0. The number of methoxy groups -OCH3 is 2. The van der Waals surface area contributed by atoms with Gasteiger partial charge in [-0.2, -0.15) is 0 Å². The van der Waals surface area contributed by atoms with Gasteiger partial charge in [-0.15, -0.1) is 0 Å². The maximum absolute atomic E-state index is 10.4. The number of aliphatic hydroxyl groups excluding tert-OH is 1. The fraction of sp³-hybridized carbons (Fsp3) is 0.250. The molecular weight excluding hydrogens is 320 g/mol. The van der Waals surface area contributed by atoms with Gasteiger partial charge >= 0.3 is 0 Å². The number of hydrogen-bond donors (Lipinski definition) is 1. The Bertz CT molecular complexity index is 569. The van der Waals surface area contributed by atoms with Crippen LogP contribution in [0, 0.1) is 0 Å². The van der Waals surface area contributed by atoms with Gasteiger partial charge in [-0.25, -0.2) is 0 Å². The molecule has 2 aromatic rings. The van der Waals surface area contributed by atoms with E-state index in [0.717, 1.165) is 11.1 Å². The molecule has 2 aromatic carbocycles. The van der Waals surface area contributed by atoms with Crippen LogP contribution < -0.4 is 9.47 Å². The minimum absolute atomic E-state index is 0.538. The highest BCUT2D eigenvalue weighted by molar-refractivity contribution is 9.10. The van der Waals surface area contributed by atoms with Crippen molar-refractivity contribution in [3.63, 3.8) is 0 Å². The average Bonchev–Trinajstić information content (AvgIpc) is 2.47. The van der Waals surface area contributed by atoms with Crippen LogP contribution in [-0.4, -0.2) is 19.3 Å². The Morgan fingerprint density at radius 2 is 1.75 bits per heavy atom. The van der Waals surface area contributed by atoms with Gasteiger partial charge in [0.05, 0.1) is 20.3 Å².